The number of aliphatic hydroxyl groups is 1. The Balaban J connectivity index is 3.97. The summed E-state index contributed by atoms with van der Waals surface area (Å²) < 4.78 is 0. The minimum absolute atomic E-state index is 0.269. The van der Waals surface area contributed by atoms with E-state index in [1.165, 1.54) is 0 Å². The van der Waals surface area contributed by atoms with Gasteiger partial charge in [-0.05, 0) is 26.9 Å². The minimum Gasteiger partial charge on any atom is -0.390 e. The maximum absolute atomic E-state index is 10.8. The zero-order valence-corrected chi connectivity index (χ0v) is 11.5. The molecule has 5 nitrogen and oxygen atoms in total. The van der Waals surface area contributed by atoms with Gasteiger partial charge in [-0.25, -0.2) is 0 Å². The van der Waals surface area contributed by atoms with Crippen molar-refractivity contribution < 1.29 is 9.90 Å². The van der Waals surface area contributed by atoms with Gasteiger partial charge in [0.15, 0.2) is 0 Å². The minimum atomic E-state index is -0.429. The molecule has 0 aromatic carbocycles. The number of amides is 1. The van der Waals surface area contributed by atoms with Crippen LogP contribution in [0, 0.1) is 0 Å². The molecule has 0 aromatic rings. The van der Waals surface area contributed by atoms with E-state index in [2.05, 4.69) is 24.1 Å². The Bertz CT molecular complexity index is 228. The Morgan fingerprint density at radius 1 is 1.41 bits per heavy atom. The zero-order chi connectivity index (χ0) is 13.5. The number of aliphatic hydroxyl groups excluding tert-OH is 1. The molecule has 0 heterocycles. The molecule has 17 heavy (non-hydrogen) atoms. The summed E-state index contributed by atoms with van der Waals surface area (Å²) in [6.07, 6.45) is -0.160. The van der Waals surface area contributed by atoms with E-state index in [1.54, 1.807) is 0 Å². The van der Waals surface area contributed by atoms with Gasteiger partial charge in [-0.3, -0.25) is 4.79 Å². The number of nitrogens with zero attached hydrogens (tertiary/aromatic N) is 1. The van der Waals surface area contributed by atoms with E-state index in [-0.39, 0.29) is 17.9 Å². The van der Waals surface area contributed by atoms with Crippen molar-refractivity contribution in [3.05, 3.63) is 0 Å². The van der Waals surface area contributed by atoms with Crippen LogP contribution in [0.5, 0.6) is 0 Å². The molecule has 1 amide bonds. The number of nitrogens with one attached hydrogen (secondary N) is 1. The van der Waals surface area contributed by atoms with Crippen molar-refractivity contribution >= 4 is 5.91 Å². The second-order valence-corrected chi connectivity index (χ2v) is 5.05. The predicted octanol–water partition coefficient (Wildman–Crippen LogP) is -0.0673. The smallest absolute Gasteiger partial charge is 0.219 e. The van der Waals surface area contributed by atoms with Crippen molar-refractivity contribution in [3.63, 3.8) is 0 Å². The fourth-order valence-corrected chi connectivity index (χ4v) is 1.74. The number of hydrogen-bond acceptors (Lipinski definition) is 4. The summed E-state index contributed by atoms with van der Waals surface area (Å²) in [4.78, 5) is 13.0. The van der Waals surface area contributed by atoms with E-state index in [1.807, 2.05) is 13.8 Å². The largest absolute Gasteiger partial charge is 0.390 e. The number of hydrogen-bond donors (Lipinski definition) is 3. The molecule has 0 aromatic heterocycles. The summed E-state index contributed by atoms with van der Waals surface area (Å²) in [6.45, 7) is 10.9. The molecule has 0 aliphatic heterocycles. The monoisotopic (exact) mass is 245 g/mol. The summed E-state index contributed by atoms with van der Waals surface area (Å²) in [6, 6.07) is 0. The van der Waals surface area contributed by atoms with E-state index in [0.29, 0.717) is 13.1 Å². The third kappa shape index (κ3) is 8.12. The number of β-amino-alcohol motifs (C(OH)–C–C–N with tert-alkyl or cyclic N) is 1. The van der Waals surface area contributed by atoms with Crippen LogP contribution in [0.2, 0.25) is 0 Å². The SMILES string of the molecule is CCN(CC)CC(O)CNC(C)(C)CC(N)=O. The number of nitrogens with two attached hydrogens (primary N) is 1. The molecule has 0 bridgehead atoms. The molecular weight excluding hydrogens is 218 g/mol. The van der Waals surface area contributed by atoms with Crippen LogP contribution in [0.1, 0.15) is 34.1 Å². The van der Waals surface area contributed by atoms with Crippen molar-refractivity contribution in [2.24, 2.45) is 5.73 Å². The molecule has 0 saturated carbocycles. The second kappa shape index (κ2) is 7.63. The topological polar surface area (TPSA) is 78.6 Å². The number of carbonyl (C=O) groups excluding carboxylic acids is 1. The molecule has 0 aliphatic rings. The molecule has 0 rings (SSSR count). The number of carbonyl (C=O) groups is 1. The van der Waals surface area contributed by atoms with Gasteiger partial charge >= 0.3 is 0 Å². The normalized spacial score (nSPS) is 14.0. The molecule has 0 fully saturated rings. The lowest BCUT2D eigenvalue weighted by atomic mass is 10.00. The van der Waals surface area contributed by atoms with Crippen molar-refractivity contribution in [2.45, 2.75) is 45.8 Å². The molecule has 0 radical (unpaired) electrons. The van der Waals surface area contributed by atoms with Crippen molar-refractivity contribution in [2.75, 3.05) is 26.2 Å². The van der Waals surface area contributed by atoms with Crippen LogP contribution in [0.15, 0.2) is 0 Å². The maximum Gasteiger partial charge on any atom is 0.219 e. The first-order chi connectivity index (χ1) is 7.80. The van der Waals surface area contributed by atoms with Crippen LogP contribution >= 0.6 is 0 Å². The Morgan fingerprint density at radius 2 is 1.94 bits per heavy atom. The van der Waals surface area contributed by atoms with Crippen LogP contribution in [0.25, 0.3) is 0 Å². The Labute approximate surface area is 104 Å². The predicted molar refractivity (Wildman–Crippen MR) is 69.7 cm³/mol. The van der Waals surface area contributed by atoms with Crippen LogP contribution in [0.4, 0.5) is 0 Å². The van der Waals surface area contributed by atoms with E-state index in [9.17, 15) is 9.90 Å². The lowest BCUT2D eigenvalue weighted by Crippen LogP contribution is -2.48. The molecule has 4 N–H and O–H groups in total. The third-order valence-corrected chi connectivity index (χ3v) is 2.80. The summed E-state index contributed by atoms with van der Waals surface area (Å²) in [5.41, 5.74) is 4.79. The summed E-state index contributed by atoms with van der Waals surface area (Å²) >= 11 is 0. The summed E-state index contributed by atoms with van der Waals surface area (Å²) in [7, 11) is 0. The molecule has 5 heteroatoms. The number of rotatable bonds is 9. The average Bonchev–Trinajstić information content (AvgIpc) is 2.21. The molecule has 0 spiro atoms. The van der Waals surface area contributed by atoms with Gasteiger partial charge in [0.1, 0.15) is 0 Å². The fraction of sp³-hybridized carbons (Fsp3) is 0.917. The zero-order valence-electron chi connectivity index (χ0n) is 11.5. The van der Waals surface area contributed by atoms with Crippen molar-refractivity contribution in [1.82, 2.24) is 10.2 Å². The first-order valence-electron chi connectivity index (χ1n) is 6.24. The highest BCUT2D eigenvalue weighted by Crippen LogP contribution is 2.07. The van der Waals surface area contributed by atoms with Gasteiger partial charge in [0.2, 0.25) is 5.91 Å². The maximum atomic E-state index is 10.8. The highest BCUT2D eigenvalue weighted by Gasteiger charge is 2.21. The molecule has 1 atom stereocenters. The van der Waals surface area contributed by atoms with Crippen LogP contribution in [0.3, 0.4) is 0 Å². The van der Waals surface area contributed by atoms with Crippen LogP contribution in [-0.4, -0.2) is 53.7 Å². The average molecular weight is 245 g/mol. The molecular formula is C12H27N3O2. The lowest BCUT2D eigenvalue weighted by Gasteiger charge is -2.28. The molecule has 1 unspecified atom stereocenters. The van der Waals surface area contributed by atoms with Gasteiger partial charge in [-0.1, -0.05) is 13.8 Å². The molecule has 0 saturated heterocycles. The van der Waals surface area contributed by atoms with Gasteiger partial charge in [0.25, 0.3) is 0 Å². The first kappa shape index (κ1) is 16.4. The quantitative estimate of drug-likeness (QED) is 0.531. The third-order valence-electron chi connectivity index (χ3n) is 2.80. The van der Waals surface area contributed by atoms with Gasteiger partial charge in [-0.2, -0.15) is 0 Å². The lowest BCUT2D eigenvalue weighted by molar-refractivity contribution is -0.119. The molecule has 102 valence electrons. The van der Waals surface area contributed by atoms with E-state index < -0.39 is 6.10 Å². The Hall–Kier alpha value is -0.650. The fourth-order valence-electron chi connectivity index (χ4n) is 1.74. The van der Waals surface area contributed by atoms with Gasteiger partial charge < -0.3 is 21.1 Å². The highest BCUT2D eigenvalue weighted by molar-refractivity contribution is 5.74. The first-order valence-corrected chi connectivity index (χ1v) is 6.24. The van der Waals surface area contributed by atoms with E-state index in [4.69, 9.17) is 5.73 Å². The Morgan fingerprint density at radius 3 is 2.35 bits per heavy atom. The Kier molecular flexibility index (Phi) is 7.34. The van der Waals surface area contributed by atoms with E-state index in [0.717, 1.165) is 13.1 Å². The van der Waals surface area contributed by atoms with Crippen LogP contribution in [-0.2, 0) is 4.79 Å². The van der Waals surface area contributed by atoms with E-state index >= 15 is 0 Å². The standard InChI is InChI=1S/C12H27N3O2/c1-5-15(6-2)9-10(16)8-14-12(3,4)7-11(13)17/h10,14,16H,5-9H2,1-4H3,(H2,13,17). The number of primary amides is 1. The van der Waals surface area contributed by atoms with Crippen LogP contribution < -0.4 is 11.1 Å². The van der Waals surface area contributed by atoms with Gasteiger partial charge in [0, 0.05) is 25.0 Å². The summed E-state index contributed by atoms with van der Waals surface area (Å²) in [5, 5.41) is 13.0. The second-order valence-electron chi connectivity index (χ2n) is 5.05. The molecule has 0 aliphatic carbocycles. The summed E-state index contributed by atoms with van der Waals surface area (Å²) in [5.74, 6) is -0.333. The van der Waals surface area contributed by atoms with Gasteiger partial charge in [0.05, 0.1) is 6.10 Å². The van der Waals surface area contributed by atoms with Gasteiger partial charge in [-0.15, -0.1) is 0 Å². The highest BCUT2D eigenvalue weighted by atomic mass is 16.3. The van der Waals surface area contributed by atoms with Crippen molar-refractivity contribution in [3.8, 4) is 0 Å². The number of likely N-dealkylation sites (N-methyl/N-ethyl adjacent to an activating group) is 1. The van der Waals surface area contributed by atoms with Crippen molar-refractivity contribution in [1.29, 1.82) is 0 Å².